The lowest BCUT2D eigenvalue weighted by Gasteiger charge is -2.32. The van der Waals surface area contributed by atoms with E-state index in [-0.39, 0.29) is 11.2 Å². The van der Waals surface area contributed by atoms with Gasteiger partial charge < -0.3 is 13.9 Å². The highest BCUT2D eigenvalue weighted by Gasteiger charge is 2.52. The largest absolute Gasteiger partial charge is 0.494 e. The van der Waals surface area contributed by atoms with Crippen molar-refractivity contribution in [2.24, 2.45) is 0 Å². The van der Waals surface area contributed by atoms with Crippen molar-refractivity contribution in [3.05, 3.63) is 334 Å². The van der Waals surface area contributed by atoms with Gasteiger partial charge in [-0.3, -0.25) is 0 Å². The number of nitrogens with zero attached hydrogens (tertiary/aromatic N) is 5. The van der Waals surface area contributed by atoms with Crippen LogP contribution < -0.4 is 21.4 Å². The second kappa shape index (κ2) is 26.1. The number of hydrogen-bond donors (Lipinski definition) is 0. The SMILES string of the molecule is CC1(C)OB(c2ccc3c(c2)nc(-c2ccccc2)c2cccc(-c4ccccc4)c23)OC1(C)C.O=P(c1ccccc1)(c1ccccc1)c1ccc(-c2nc(-c3ccccc3)nc(-c3ccc(-c4ccc5c(c4)nc(-c4ccccc4)c4cccc(-c6ccccc6)c45)cc3)n2)cc1. The van der Waals surface area contributed by atoms with Crippen molar-refractivity contribution in [2.75, 3.05) is 0 Å². The van der Waals surface area contributed by atoms with Gasteiger partial charge in [0.05, 0.1) is 33.6 Å². The smallest absolute Gasteiger partial charge is 0.399 e. The van der Waals surface area contributed by atoms with Crippen LogP contribution in [0.4, 0.5) is 0 Å². The van der Waals surface area contributed by atoms with Gasteiger partial charge >= 0.3 is 7.12 Å². The van der Waals surface area contributed by atoms with E-state index in [2.05, 4.69) is 234 Å². The Morgan fingerprint density at radius 3 is 1.05 bits per heavy atom. The van der Waals surface area contributed by atoms with E-state index in [4.69, 9.17) is 34.2 Å². The summed E-state index contributed by atoms with van der Waals surface area (Å²) < 4.78 is 27.8. The maximum Gasteiger partial charge on any atom is 0.494 e. The fourth-order valence-corrected chi connectivity index (χ4v) is 16.1. The molecular formula is C89H67BN5O3P. The zero-order valence-corrected chi connectivity index (χ0v) is 56.1. The van der Waals surface area contributed by atoms with E-state index >= 15 is 4.57 Å². The van der Waals surface area contributed by atoms with Gasteiger partial charge in [0.25, 0.3) is 0 Å². The van der Waals surface area contributed by atoms with Crippen LogP contribution in [0.5, 0.6) is 0 Å². The van der Waals surface area contributed by atoms with Crippen LogP contribution in [0.2, 0.25) is 0 Å². The minimum absolute atomic E-state index is 0.390. The summed E-state index contributed by atoms with van der Waals surface area (Å²) in [6.45, 7) is 8.33. The van der Waals surface area contributed by atoms with Gasteiger partial charge in [-0.2, -0.15) is 0 Å². The first-order chi connectivity index (χ1) is 48.4. The molecule has 10 heteroatoms. The highest BCUT2D eigenvalue weighted by molar-refractivity contribution is 7.85. The highest BCUT2D eigenvalue weighted by Crippen LogP contribution is 2.45. The second-order valence-corrected chi connectivity index (χ2v) is 28.8. The molecule has 0 spiro atoms. The van der Waals surface area contributed by atoms with Crippen molar-refractivity contribution in [2.45, 2.75) is 38.9 Å². The predicted octanol–water partition coefficient (Wildman–Crippen LogP) is 20.2. The van der Waals surface area contributed by atoms with Crippen LogP contribution >= 0.6 is 7.14 Å². The summed E-state index contributed by atoms with van der Waals surface area (Å²) in [5.74, 6) is 1.67. The average Bonchev–Trinajstić information content (AvgIpc) is 1.11. The van der Waals surface area contributed by atoms with Gasteiger partial charge in [0, 0.05) is 76.0 Å². The first kappa shape index (κ1) is 62.2. The van der Waals surface area contributed by atoms with Crippen LogP contribution in [0.25, 0.3) is 133 Å². The molecule has 8 nitrogen and oxygen atoms in total. The number of fused-ring (bicyclic) bond motifs is 6. The van der Waals surface area contributed by atoms with Gasteiger partial charge in [0.15, 0.2) is 24.6 Å². The van der Waals surface area contributed by atoms with Crippen molar-refractivity contribution in [1.29, 1.82) is 0 Å². The van der Waals surface area contributed by atoms with Crippen molar-refractivity contribution in [3.8, 4) is 90.1 Å². The van der Waals surface area contributed by atoms with Crippen molar-refractivity contribution < 1.29 is 13.9 Å². The lowest BCUT2D eigenvalue weighted by atomic mass is 9.78. The summed E-state index contributed by atoms with van der Waals surface area (Å²) in [7, 11) is -3.57. The molecule has 0 N–H and O–H groups in total. The predicted molar refractivity (Wildman–Crippen MR) is 410 cm³/mol. The maximum atomic E-state index is 15.1. The lowest BCUT2D eigenvalue weighted by molar-refractivity contribution is 0.00578. The normalized spacial score (nSPS) is 13.4. The molecule has 16 aromatic rings. The van der Waals surface area contributed by atoms with E-state index in [9.17, 15) is 0 Å². The highest BCUT2D eigenvalue weighted by atomic mass is 31.2. The Labute approximate surface area is 576 Å². The van der Waals surface area contributed by atoms with Crippen molar-refractivity contribution in [1.82, 2.24) is 24.9 Å². The van der Waals surface area contributed by atoms with Crippen LogP contribution in [0.15, 0.2) is 334 Å². The molecule has 1 aliphatic heterocycles. The molecule has 0 aliphatic carbocycles. The molecular weight excluding hydrogens is 1230 g/mol. The molecule has 0 amide bonds. The van der Waals surface area contributed by atoms with Gasteiger partial charge in [-0.05, 0) is 78.7 Å². The summed E-state index contributed by atoms with van der Waals surface area (Å²) in [6, 6.07) is 114. The van der Waals surface area contributed by atoms with Gasteiger partial charge in [-0.15, -0.1) is 0 Å². The molecule has 3 aromatic heterocycles. The van der Waals surface area contributed by atoms with Gasteiger partial charge in [-0.1, -0.05) is 322 Å². The Balaban J connectivity index is 0.000000184. The quantitative estimate of drug-likeness (QED) is 0.0678. The third kappa shape index (κ3) is 11.9. The van der Waals surface area contributed by atoms with E-state index in [1.54, 1.807) is 0 Å². The van der Waals surface area contributed by atoms with Gasteiger partial charge in [-0.25, -0.2) is 24.9 Å². The monoisotopic (exact) mass is 1300 g/mol. The second-order valence-electron chi connectivity index (χ2n) is 26.0. The molecule has 17 rings (SSSR count). The number of aromatic nitrogens is 5. The molecule has 0 saturated carbocycles. The van der Waals surface area contributed by atoms with Crippen molar-refractivity contribution >= 4 is 79.0 Å². The number of benzene rings is 13. The molecule has 1 aliphatic rings. The Hall–Kier alpha value is -11.6. The maximum absolute atomic E-state index is 15.1. The summed E-state index contributed by atoms with van der Waals surface area (Å²) in [5, 5.41) is 9.22. The van der Waals surface area contributed by atoms with E-state index in [1.807, 2.05) is 127 Å². The van der Waals surface area contributed by atoms with Crippen LogP contribution in [-0.2, 0) is 13.9 Å². The standard InChI is InChI=1S/C58H39N4OP.C31H28BNO2/c63-64(47-23-12-4-13-24-47,48-25-14-5-15-26-48)49-36-33-45(34-37-49)58-61-56(43-21-10-3-11-22-43)60-57(62-58)44-31-29-40(30-32-44)46-35-38-51-53(39-46)59-55(42-19-8-2-9-20-42)52-28-16-27-50(54(51)52)41-17-6-1-7-18-41;1-30(2)31(3,4)35-32(34-30)23-18-19-25-27(20-23)33-29(22-14-9-6-10-15-22)26-17-11-16-24(28(25)26)21-12-7-5-8-13-21/h1-39H;5-20H,1-4H3. The third-order valence-corrected chi connectivity index (χ3v) is 22.4. The number of hydrogen-bond acceptors (Lipinski definition) is 8. The number of pyridine rings is 2. The Morgan fingerprint density at radius 1 is 0.283 bits per heavy atom. The fourth-order valence-electron chi connectivity index (χ4n) is 13.5. The molecule has 0 radical (unpaired) electrons. The van der Waals surface area contributed by atoms with Crippen LogP contribution in [0.3, 0.4) is 0 Å². The summed E-state index contributed by atoms with van der Waals surface area (Å²) in [5.41, 5.74) is 15.6. The summed E-state index contributed by atoms with van der Waals surface area (Å²) in [6.07, 6.45) is 0. The van der Waals surface area contributed by atoms with Crippen LogP contribution in [-0.4, -0.2) is 43.2 Å². The molecule has 99 heavy (non-hydrogen) atoms. The number of rotatable bonds is 12. The van der Waals surface area contributed by atoms with Gasteiger partial charge in [0.2, 0.25) is 0 Å². The minimum atomic E-state index is -3.15. The summed E-state index contributed by atoms with van der Waals surface area (Å²) in [4.78, 5) is 25.6. The Kier molecular flexibility index (Phi) is 16.4. The first-order valence-electron chi connectivity index (χ1n) is 33.5. The molecule has 0 unspecified atom stereocenters. The average molecular weight is 1300 g/mol. The topological polar surface area (TPSA) is 100.0 Å². The molecule has 13 aromatic carbocycles. The van der Waals surface area contributed by atoms with Crippen LogP contribution in [0, 0.1) is 0 Å². The van der Waals surface area contributed by atoms with E-state index in [1.165, 1.54) is 33.0 Å². The van der Waals surface area contributed by atoms with Crippen molar-refractivity contribution in [3.63, 3.8) is 0 Å². The molecule has 1 saturated heterocycles. The fraction of sp³-hybridized carbons (Fsp3) is 0.0674. The molecule has 0 bridgehead atoms. The molecule has 474 valence electrons. The zero-order valence-electron chi connectivity index (χ0n) is 55.2. The molecule has 0 atom stereocenters. The van der Waals surface area contributed by atoms with E-state index < -0.39 is 14.3 Å². The third-order valence-electron chi connectivity index (χ3n) is 19.3. The zero-order chi connectivity index (χ0) is 67.1. The van der Waals surface area contributed by atoms with Gasteiger partial charge in [0.1, 0.15) is 0 Å². The Morgan fingerprint density at radius 2 is 0.616 bits per heavy atom. The Bertz CT molecular complexity index is 5620. The van der Waals surface area contributed by atoms with E-state index in [0.717, 1.165) is 104 Å². The minimum Gasteiger partial charge on any atom is -0.399 e. The van der Waals surface area contributed by atoms with Crippen LogP contribution in [0.1, 0.15) is 27.7 Å². The molecule has 4 heterocycles. The summed E-state index contributed by atoms with van der Waals surface area (Å²) >= 11 is 0. The lowest BCUT2D eigenvalue weighted by Crippen LogP contribution is -2.41. The first-order valence-corrected chi connectivity index (χ1v) is 35.2. The molecule has 1 fully saturated rings. The van der Waals surface area contributed by atoms with E-state index in [0.29, 0.717) is 17.5 Å².